The van der Waals surface area contributed by atoms with Crippen LogP contribution in [0.4, 0.5) is 0 Å². The van der Waals surface area contributed by atoms with Gasteiger partial charge in [-0.3, -0.25) is 19.2 Å². The van der Waals surface area contributed by atoms with Gasteiger partial charge in [0.05, 0.1) is 50.1 Å². The van der Waals surface area contributed by atoms with Crippen LogP contribution in [0.5, 0.6) is 0 Å². The fourth-order valence-corrected chi connectivity index (χ4v) is 6.49. The monoisotopic (exact) mass is 614 g/mol. The number of fused-ring (bicyclic) bond motifs is 1. The third-order valence-corrected chi connectivity index (χ3v) is 8.01. The topological polar surface area (TPSA) is 105 Å². The average molecular weight is 615 g/mol. The SMILES string of the molecule is CC.CC.CC.CCC1OC(CC(C)(C)C)C2C(=O)OC(=O)C12.COC(=O)C1C(CC(C)C)CC(C(C)C)C1C(=O)OC. The molecule has 0 aromatic rings. The van der Waals surface area contributed by atoms with Crippen LogP contribution in [0, 0.1) is 52.8 Å². The minimum Gasteiger partial charge on any atom is -0.469 e. The predicted molar refractivity (Wildman–Crippen MR) is 172 cm³/mol. The molecule has 8 unspecified atom stereocenters. The zero-order chi connectivity index (χ0) is 34.2. The molecule has 8 atom stereocenters. The van der Waals surface area contributed by atoms with Gasteiger partial charge in [0, 0.05) is 0 Å². The molecular formula is C35H66O8. The van der Waals surface area contributed by atoms with Gasteiger partial charge < -0.3 is 18.9 Å². The lowest BCUT2D eigenvalue weighted by Crippen LogP contribution is -2.35. The van der Waals surface area contributed by atoms with E-state index in [1.54, 1.807) is 0 Å². The number of hydrogen-bond acceptors (Lipinski definition) is 8. The fraction of sp³-hybridized carbons (Fsp3) is 0.886. The van der Waals surface area contributed by atoms with Crippen molar-refractivity contribution in [3.05, 3.63) is 0 Å². The highest BCUT2D eigenvalue weighted by atomic mass is 16.6. The van der Waals surface area contributed by atoms with E-state index in [-0.39, 0.29) is 65.1 Å². The Labute approximate surface area is 263 Å². The second kappa shape index (κ2) is 20.9. The van der Waals surface area contributed by atoms with Crippen molar-refractivity contribution in [1.29, 1.82) is 0 Å². The molecule has 3 rings (SSSR count). The van der Waals surface area contributed by atoms with Crippen molar-refractivity contribution in [3.63, 3.8) is 0 Å². The van der Waals surface area contributed by atoms with Gasteiger partial charge >= 0.3 is 23.9 Å². The molecule has 0 amide bonds. The van der Waals surface area contributed by atoms with E-state index in [4.69, 9.17) is 18.9 Å². The number of rotatable bonds is 7. The van der Waals surface area contributed by atoms with Crippen molar-refractivity contribution >= 4 is 23.9 Å². The number of methoxy groups -OCH3 is 2. The van der Waals surface area contributed by atoms with Crippen LogP contribution in [0.1, 0.15) is 123 Å². The molecule has 2 saturated heterocycles. The first-order chi connectivity index (χ1) is 20.2. The molecule has 0 radical (unpaired) electrons. The molecule has 1 saturated carbocycles. The Morgan fingerprint density at radius 3 is 1.63 bits per heavy atom. The molecule has 0 aromatic heterocycles. The molecule has 0 aromatic carbocycles. The molecule has 3 fully saturated rings. The Hall–Kier alpha value is -1.96. The molecule has 3 aliphatic rings. The predicted octanol–water partition coefficient (Wildman–Crippen LogP) is 7.90. The normalized spacial score (nSPS) is 29.0. The summed E-state index contributed by atoms with van der Waals surface area (Å²) < 4.78 is 20.5. The number of cyclic esters (lactones) is 2. The molecule has 2 aliphatic heterocycles. The third kappa shape index (κ3) is 12.2. The second-order valence-corrected chi connectivity index (χ2v) is 12.8. The Morgan fingerprint density at radius 2 is 1.26 bits per heavy atom. The summed E-state index contributed by atoms with van der Waals surface area (Å²) >= 11 is 0. The van der Waals surface area contributed by atoms with Crippen molar-refractivity contribution in [3.8, 4) is 0 Å². The standard InChI is InChI=1S/C16H28O4.C13H20O4.3C2H6/c1-9(2)7-11-8-12(10(3)4)14(16(18)20-6)13(11)15(17)19-5;1-5-7-9-10(12(15)17-11(9)14)8(16-7)6-13(2,3)4;3*1-2/h9-14H,7-8H2,1-6H3;7-10H,5-6H2,1-4H3;3*1-2H3. The van der Waals surface area contributed by atoms with Crippen molar-refractivity contribution < 1.29 is 38.1 Å². The summed E-state index contributed by atoms with van der Waals surface area (Å²) in [5.74, 6) is -1.58. The number of carbonyl (C=O) groups is 4. The zero-order valence-electron chi connectivity index (χ0n) is 30.4. The number of ether oxygens (including phenoxy) is 4. The highest BCUT2D eigenvalue weighted by Gasteiger charge is 2.58. The molecule has 0 bridgehead atoms. The van der Waals surface area contributed by atoms with E-state index < -0.39 is 11.9 Å². The fourth-order valence-electron chi connectivity index (χ4n) is 6.49. The first-order valence-corrected chi connectivity index (χ1v) is 16.7. The molecule has 8 nitrogen and oxygen atoms in total. The molecule has 43 heavy (non-hydrogen) atoms. The van der Waals surface area contributed by atoms with E-state index in [0.717, 1.165) is 25.7 Å². The Kier molecular flexibility index (Phi) is 21.0. The molecule has 0 spiro atoms. The highest BCUT2D eigenvalue weighted by Crippen LogP contribution is 2.48. The number of carbonyl (C=O) groups excluding carboxylic acids is 4. The smallest absolute Gasteiger partial charge is 0.320 e. The Balaban J connectivity index is 0. The zero-order valence-corrected chi connectivity index (χ0v) is 30.4. The molecule has 2 heterocycles. The molecular weight excluding hydrogens is 548 g/mol. The molecule has 8 heteroatoms. The van der Waals surface area contributed by atoms with Gasteiger partial charge in [0.1, 0.15) is 0 Å². The van der Waals surface area contributed by atoms with Crippen molar-refractivity contribution in [2.24, 2.45) is 52.8 Å². The van der Waals surface area contributed by atoms with Crippen LogP contribution in [0.15, 0.2) is 0 Å². The highest BCUT2D eigenvalue weighted by molar-refractivity contribution is 5.97. The lowest BCUT2D eigenvalue weighted by atomic mass is 9.81. The van der Waals surface area contributed by atoms with Gasteiger partial charge in [-0.15, -0.1) is 0 Å². The maximum atomic E-state index is 12.2. The first kappa shape index (κ1) is 43.2. The number of esters is 4. The summed E-state index contributed by atoms with van der Waals surface area (Å²) in [6.07, 6.45) is 3.01. The van der Waals surface area contributed by atoms with Gasteiger partial charge in [-0.25, -0.2) is 0 Å². The van der Waals surface area contributed by atoms with Crippen LogP contribution in [0.25, 0.3) is 0 Å². The quantitative estimate of drug-likeness (QED) is 0.162. The van der Waals surface area contributed by atoms with E-state index in [9.17, 15) is 19.2 Å². The number of hydrogen-bond donors (Lipinski definition) is 0. The van der Waals surface area contributed by atoms with Crippen molar-refractivity contribution in [2.75, 3.05) is 14.2 Å². The van der Waals surface area contributed by atoms with Crippen LogP contribution in [0.3, 0.4) is 0 Å². The average Bonchev–Trinajstić information content (AvgIpc) is 3.62. The Bertz CT molecular complexity index is 828. The summed E-state index contributed by atoms with van der Waals surface area (Å²) in [7, 11) is 2.79. The summed E-state index contributed by atoms with van der Waals surface area (Å²) in [6, 6.07) is 0. The molecule has 0 N–H and O–H groups in total. The van der Waals surface area contributed by atoms with Crippen LogP contribution >= 0.6 is 0 Å². The van der Waals surface area contributed by atoms with E-state index in [1.165, 1.54) is 14.2 Å². The lowest BCUT2D eigenvalue weighted by Gasteiger charge is -2.24. The molecule has 254 valence electrons. The summed E-state index contributed by atoms with van der Waals surface area (Å²) in [4.78, 5) is 47.7. The van der Waals surface area contributed by atoms with Crippen molar-refractivity contribution in [1.82, 2.24) is 0 Å². The van der Waals surface area contributed by atoms with E-state index in [0.29, 0.717) is 11.8 Å². The minimum absolute atomic E-state index is 0.0732. The maximum Gasteiger partial charge on any atom is 0.320 e. The van der Waals surface area contributed by atoms with Gasteiger partial charge in [-0.1, -0.05) is 96.9 Å². The van der Waals surface area contributed by atoms with E-state index in [2.05, 4.69) is 48.5 Å². The van der Waals surface area contributed by atoms with Crippen LogP contribution in [0.2, 0.25) is 0 Å². The first-order valence-electron chi connectivity index (χ1n) is 16.7. The van der Waals surface area contributed by atoms with Gasteiger partial charge in [0.15, 0.2) is 0 Å². The van der Waals surface area contributed by atoms with Gasteiger partial charge in [0.2, 0.25) is 0 Å². The Morgan fingerprint density at radius 1 is 0.814 bits per heavy atom. The summed E-state index contributed by atoms with van der Waals surface area (Å²) in [5.41, 5.74) is 0.0732. The van der Waals surface area contributed by atoms with Crippen LogP contribution in [-0.4, -0.2) is 50.3 Å². The third-order valence-electron chi connectivity index (χ3n) is 8.01. The van der Waals surface area contributed by atoms with Crippen LogP contribution < -0.4 is 0 Å². The summed E-state index contributed by atoms with van der Waals surface area (Å²) in [5, 5.41) is 0. The van der Waals surface area contributed by atoms with E-state index >= 15 is 0 Å². The molecule has 1 aliphatic carbocycles. The van der Waals surface area contributed by atoms with Gasteiger partial charge in [0.25, 0.3) is 0 Å². The maximum absolute atomic E-state index is 12.2. The van der Waals surface area contributed by atoms with Crippen molar-refractivity contribution in [2.45, 2.75) is 135 Å². The lowest BCUT2D eigenvalue weighted by molar-refractivity contribution is -0.159. The minimum atomic E-state index is -0.400. The second-order valence-electron chi connectivity index (χ2n) is 12.8. The van der Waals surface area contributed by atoms with Gasteiger partial charge in [-0.2, -0.15) is 0 Å². The largest absolute Gasteiger partial charge is 0.469 e. The van der Waals surface area contributed by atoms with Gasteiger partial charge in [-0.05, 0) is 54.8 Å². The summed E-state index contributed by atoms with van der Waals surface area (Å²) in [6.45, 7) is 28.8. The van der Waals surface area contributed by atoms with E-state index in [1.807, 2.05) is 48.5 Å². The van der Waals surface area contributed by atoms with Crippen LogP contribution in [-0.2, 0) is 38.1 Å².